The van der Waals surface area contributed by atoms with Gasteiger partial charge in [0.25, 0.3) is 0 Å². The largest absolute Gasteiger partial charge is 0.477 e. The molecule has 21 heavy (non-hydrogen) atoms. The summed E-state index contributed by atoms with van der Waals surface area (Å²) >= 11 is 0. The van der Waals surface area contributed by atoms with Crippen molar-refractivity contribution >= 4 is 22.6 Å². The molecule has 2 aromatic rings. The zero-order chi connectivity index (χ0) is 14.8. The second-order valence-electron chi connectivity index (χ2n) is 5.89. The monoisotopic (exact) mass is 284 g/mol. The van der Waals surface area contributed by atoms with Crippen molar-refractivity contribution in [2.45, 2.75) is 25.7 Å². The van der Waals surface area contributed by atoms with Gasteiger partial charge in [0.15, 0.2) is 5.69 Å². The van der Waals surface area contributed by atoms with Gasteiger partial charge in [-0.25, -0.2) is 9.78 Å². The number of hydrogen-bond acceptors (Lipinski definition) is 3. The lowest BCUT2D eigenvalue weighted by atomic mass is 10.1. The van der Waals surface area contributed by atoms with Crippen LogP contribution in [0.1, 0.15) is 36.2 Å². The highest BCUT2D eigenvalue weighted by Crippen LogP contribution is 2.29. The maximum absolute atomic E-state index is 11.3. The standard InChI is InChI=1S/C17H20N2O2/c1-19(11-12-6-2-3-7-12)16-14-9-5-4-8-13(14)10-15(18-16)17(20)21/h4-5,8-10,12H,2-3,6-7,11H2,1H3,(H,20,21). The summed E-state index contributed by atoms with van der Waals surface area (Å²) in [5.41, 5.74) is 0.113. The average Bonchev–Trinajstić information content (AvgIpc) is 2.98. The first kappa shape index (κ1) is 13.9. The maximum Gasteiger partial charge on any atom is 0.354 e. The van der Waals surface area contributed by atoms with Crippen molar-refractivity contribution in [1.82, 2.24) is 4.98 Å². The molecule has 0 aliphatic heterocycles. The zero-order valence-electron chi connectivity index (χ0n) is 12.2. The van der Waals surface area contributed by atoms with Gasteiger partial charge >= 0.3 is 5.97 Å². The quantitative estimate of drug-likeness (QED) is 0.932. The van der Waals surface area contributed by atoms with Gasteiger partial charge in [-0.15, -0.1) is 0 Å². The van der Waals surface area contributed by atoms with Crippen LogP contribution in [0.5, 0.6) is 0 Å². The Kier molecular flexibility index (Phi) is 3.78. The molecular weight excluding hydrogens is 264 g/mol. The molecule has 4 nitrogen and oxygen atoms in total. The Morgan fingerprint density at radius 1 is 1.33 bits per heavy atom. The lowest BCUT2D eigenvalue weighted by Crippen LogP contribution is -2.25. The van der Waals surface area contributed by atoms with Crippen LogP contribution in [-0.4, -0.2) is 29.7 Å². The minimum atomic E-state index is -0.976. The Morgan fingerprint density at radius 3 is 2.76 bits per heavy atom. The highest BCUT2D eigenvalue weighted by molar-refractivity contribution is 5.97. The number of benzene rings is 1. The number of fused-ring (bicyclic) bond motifs is 1. The molecule has 1 aromatic heterocycles. The van der Waals surface area contributed by atoms with E-state index in [2.05, 4.69) is 9.88 Å². The van der Waals surface area contributed by atoms with E-state index in [1.807, 2.05) is 31.3 Å². The number of pyridine rings is 1. The number of nitrogens with zero attached hydrogens (tertiary/aromatic N) is 2. The summed E-state index contributed by atoms with van der Waals surface area (Å²) in [5, 5.41) is 11.2. The van der Waals surface area contributed by atoms with Gasteiger partial charge in [-0.05, 0) is 30.2 Å². The smallest absolute Gasteiger partial charge is 0.354 e. The minimum absolute atomic E-state index is 0.113. The predicted octanol–water partition coefficient (Wildman–Crippen LogP) is 3.56. The highest BCUT2D eigenvalue weighted by Gasteiger charge is 2.19. The van der Waals surface area contributed by atoms with Gasteiger partial charge in [0.05, 0.1) is 0 Å². The fraction of sp³-hybridized carbons (Fsp3) is 0.412. The molecule has 3 rings (SSSR count). The Morgan fingerprint density at radius 2 is 2.05 bits per heavy atom. The van der Waals surface area contributed by atoms with Crippen LogP contribution < -0.4 is 4.90 Å². The number of anilines is 1. The van der Waals surface area contributed by atoms with E-state index in [0.29, 0.717) is 5.92 Å². The molecule has 1 fully saturated rings. The van der Waals surface area contributed by atoms with E-state index in [1.54, 1.807) is 6.07 Å². The van der Waals surface area contributed by atoms with E-state index in [-0.39, 0.29) is 5.69 Å². The number of aromatic carboxylic acids is 1. The zero-order valence-corrected chi connectivity index (χ0v) is 12.2. The molecule has 0 bridgehead atoms. The van der Waals surface area contributed by atoms with Crippen LogP contribution >= 0.6 is 0 Å². The van der Waals surface area contributed by atoms with Crippen molar-refractivity contribution in [3.8, 4) is 0 Å². The molecule has 0 radical (unpaired) electrons. The van der Waals surface area contributed by atoms with Crippen LogP contribution in [0.2, 0.25) is 0 Å². The molecule has 1 aliphatic carbocycles. The van der Waals surface area contributed by atoms with E-state index in [4.69, 9.17) is 0 Å². The predicted molar refractivity (Wildman–Crippen MR) is 83.9 cm³/mol. The number of aromatic nitrogens is 1. The SMILES string of the molecule is CN(CC1CCCC1)c1nc(C(=O)O)cc2ccccc12. The molecule has 0 spiro atoms. The molecular formula is C17H20N2O2. The molecule has 1 heterocycles. The van der Waals surface area contributed by atoms with Crippen LogP contribution in [0, 0.1) is 5.92 Å². The number of carboxylic acid groups (broad SMARTS) is 1. The van der Waals surface area contributed by atoms with Crippen LogP contribution in [0.25, 0.3) is 10.8 Å². The number of hydrogen-bond donors (Lipinski definition) is 1. The van der Waals surface area contributed by atoms with E-state index in [9.17, 15) is 9.90 Å². The van der Waals surface area contributed by atoms with E-state index >= 15 is 0 Å². The molecule has 1 saturated carbocycles. The normalized spacial score (nSPS) is 15.5. The molecule has 0 unspecified atom stereocenters. The third-order valence-electron chi connectivity index (χ3n) is 4.31. The van der Waals surface area contributed by atoms with Gasteiger partial charge in [-0.3, -0.25) is 0 Å². The van der Waals surface area contributed by atoms with Crippen LogP contribution in [-0.2, 0) is 0 Å². The van der Waals surface area contributed by atoms with Crippen LogP contribution in [0.15, 0.2) is 30.3 Å². The van der Waals surface area contributed by atoms with Crippen molar-refractivity contribution in [3.63, 3.8) is 0 Å². The fourth-order valence-electron chi connectivity index (χ4n) is 3.25. The van der Waals surface area contributed by atoms with Crippen molar-refractivity contribution in [2.75, 3.05) is 18.5 Å². The average molecular weight is 284 g/mol. The van der Waals surface area contributed by atoms with Gasteiger partial charge in [0, 0.05) is 19.0 Å². The van der Waals surface area contributed by atoms with Crippen LogP contribution in [0.3, 0.4) is 0 Å². The molecule has 0 amide bonds. The fourth-order valence-corrected chi connectivity index (χ4v) is 3.25. The van der Waals surface area contributed by atoms with Crippen molar-refractivity contribution in [3.05, 3.63) is 36.0 Å². The lowest BCUT2D eigenvalue weighted by molar-refractivity contribution is 0.0691. The topological polar surface area (TPSA) is 53.4 Å². The highest BCUT2D eigenvalue weighted by atomic mass is 16.4. The van der Waals surface area contributed by atoms with Crippen molar-refractivity contribution in [1.29, 1.82) is 0 Å². The molecule has 0 saturated heterocycles. The van der Waals surface area contributed by atoms with Gasteiger partial charge in [-0.2, -0.15) is 0 Å². The van der Waals surface area contributed by atoms with Gasteiger partial charge in [-0.1, -0.05) is 37.1 Å². The van der Waals surface area contributed by atoms with Gasteiger partial charge in [0.2, 0.25) is 0 Å². The summed E-state index contributed by atoms with van der Waals surface area (Å²) in [6, 6.07) is 9.49. The van der Waals surface area contributed by atoms with Gasteiger partial charge in [0.1, 0.15) is 5.82 Å². The maximum atomic E-state index is 11.3. The first-order valence-corrected chi connectivity index (χ1v) is 7.49. The molecule has 1 aromatic carbocycles. The summed E-state index contributed by atoms with van der Waals surface area (Å²) in [4.78, 5) is 17.8. The summed E-state index contributed by atoms with van der Waals surface area (Å²) in [6.45, 7) is 0.945. The van der Waals surface area contributed by atoms with E-state index in [1.165, 1.54) is 25.7 Å². The Labute approximate surface area is 124 Å². The first-order valence-electron chi connectivity index (χ1n) is 7.49. The third kappa shape index (κ3) is 2.84. The Hall–Kier alpha value is -2.10. The molecule has 0 atom stereocenters. The van der Waals surface area contributed by atoms with Crippen molar-refractivity contribution < 1.29 is 9.90 Å². The minimum Gasteiger partial charge on any atom is -0.477 e. The Balaban J connectivity index is 2.00. The summed E-state index contributed by atoms with van der Waals surface area (Å²) in [6.07, 6.45) is 5.14. The van der Waals surface area contributed by atoms with E-state index in [0.717, 1.165) is 23.1 Å². The summed E-state index contributed by atoms with van der Waals surface area (Å²) in [5.74, 6) is 0.498. The first-order chi connectivity index (χ1) is 10.1. The molecule has 4 heteroatoms. The second-order valence-corrected chi connectivity index (χ2v) is 5.89. The third-order valence-corrected chi connectivity index (χ3v) is 4.31. The molecule has 1 N–H and O–H groups in total. The Bertz CT molecular complexity index is 663. The molecule has 1 aliphatic rings. The second kappa shape index (κ2) is 5.72. The summed E-state index contributed by atoms with van der Waals surface area (Å²) in [7, 11) is 2.01. The molecule has 110 valence electrons. The van der Waals surface area contributed by atoms with Crippen molar-refractivity contribution in [2.24, 2.45) is 5.92 Å². The van der Waals surface area contributed by atoms with Gasteiger partial charge < -0.3 is 10.0 Å². The van der Waals surface area contributed by atoms with Crippen LogP contribution in [0.4, 0.5) is 5.82 Å². The number of rotatable bonds is 4. The summed E-state index contributed by atoms with van der Waals surface area (Å²) < 4.78 is 0. The van der Waals surface area contributed by atoms with E-state index < -0.39 is 5.97 Å². The lowest BCUT2D eigenvalue weighted by Gasteiger charge is -2.23. The number of carbonyl (C=O) groups is 1. The number of carboxylic acids is 1.